The summed E-state index contributed by atoms with van der Waals surface area (Å²) < 4.78 is 0. The highest BCUT2D eigenvalue weighted by Gasteiger charge is 2.61. The van der Waals surface area contributed by atoms with E-state index in [1.54, 1.807) is 0 Å². The van der Waals surface area contributed by atoms with Crippen molar-refractivity contribution < 1.29 is 0 Å². The van der Waals surface area contributed by atoms with Crippen molar-refractivity contribution in [1.82, 2.24) is 0 Å². The Kier molecular flexibility index (Phi) is 2.55. The molecule has 2 saturated carbocycles. The Morgan fingerprint density at radius 1 is 1.06 bits per heavy atom. The summed E-state index contributed by atoms with van der Waals surface area (Å²) in [6, 6.07) is 6.87. The van der Waals surface area contributed by atoms with E-state index in [0.29, 0.717) is 0 Å². The van der Waals surface area contributed by atoms with E-state index in [1.165, 1.54) is 42.4 Å². The number of nitrogens with two attached hydrogens (primary N) is 1. The average Bonchev–Trinajstić information content (AvgIpc) is 2.83. The maximum Gasteiger partial charge on any atom is 0.0259 e. The Labute approximate surface area is 104 Å². The molecule has 0 bridgehead atoms. The van der Waals surface area contributed by atoms with Crippen molar-refractivity contribution in [3.8, 4) is 0 Å². The molecule has 2 fully saturated rings. The Bertz CT molecular complexity index is 403. The van der Waals surface area contributed by atoms with Gasteiger partial charge in [0, 0.05) is 5.54 Å². The molecule has 17 heavy (non-hydrogen) atoms. The zero-order valence-corrected chi connectivity index (χ0v) is 11.0. The molecule has 0 aromatic heterocycles. The quantitative estimate of drug-likeness (QED) is 0.826. The standard InChI is InChI=1S/C16H23N/c1-11-7-12(2)9-13(8-11)10-16(17)14-5-3-4-6-15(14)16/h7-9,14-15H,3-6,10,17H2,1-2H3. The summed E-state index contributed by atoms with van der Waals surface area (Å²) in [5.74, 6) is 1.63. The van der Waals surface area contributed by atoms with Crippen LogP contribution < -0.4 is 5.73 Å². The third-order valence-corrected chi connectivity index (χ3v) is 4.83. The molecule has 0 spiro atoms. The lowest BCUT2D eigenvalue weighted by Crippen LogP contribution is -2.29. The Morgan fingerprint density at radius 2 is 1.59 bits per heavy atom. The number of hydrogen-bond acceptors (Lipinski definition) is 1. The second-order valence-electron chi connectivity index (χ2n) is 6.28. The van der Waals surface area contributed by atoms with E-state index < -0.39 is 0 Å². The Hall–Kier alpha value is -0.820. The van der Waals surface area contributed by atoms with Crippen LogP contribution in [0.3, 0.4) is 0 Å². The van der Waals surface area contributed by atoms with Gasteiger partial charge in [-0.1, -0.05) is 42.2 Å². The molecule has 0 saturated heterocycles. The average molecular weight is 229 g/mol. The van der Waals surface area contributed by atoms with Crippen molar-refractivity contribution in [3.05, 3.63) is 34.9 Å². The van der Waals surface area contributed by atoms with E-state index in [9.17, 15) is 0 Å². The van der Waals surface area contributed by atoms with Crippen LogP contribution in [0, 0.1) is 25.7 Å². The first kappa shape index (κ1) is 11.3. The summed E-state index contributed by atoms with van der Waals surface area (Å²) in [5.41, 5.74) is 10.9. The lowest BCUT2D eigenvalue weighted by Gasteiger charge is -2.13. The largest absolute Gasteiger partial charge is 0.324 e. The highest BCUT2D eigenvalue weighted by atomic mass is 14.9. The fourth-order valence-electron chi connectivity index (χ4n) is 4.08. The first-order chi connectivity index (χ1) is 8.09. The van der Waals surface area contributed by atoms with Gasteiger partial charge in [0.1, 0.15) is 0 Å². The number of aryl methyl sites for hydroxylation is 2. The monoisotopic (exact) mass is 229 g/mol. The van der Waals surface area contributed by atoms with Gasteiger partial charge in [0.15, 0.2) is 0 Å². The topological polar surface area (TPSA) is 26.0 Å². The maximum absolute atomic E-state index is 6.63. The van der Waals surface area contributed by atoms with E-state index in [1.807, 2.05) is 0 Å². The van der Waals surface area contributed by atoms with E-state index in [2.05, 4.69) is 32.0 Å². The molecule has 1 nitrogen and oxygen atoms in total. The van der Waals surface area contributed by atoms with Gasteiger partial charge in [-0.15, -0.1) is 0 Å². The summed E-state index contributed by atoms with van der Waals surface area (Å²) in [6.45, 7) is 4.36. The van der Waals surface area contributed by atoms with Gasteiger partial charge in [-0.05, 0) is 50.5 Å². The molecule has 2 N–H and O–H groups in total. The number of fused-ring (bicyclic) bond motifs is 1. The molecule has 2 aliphatic rings. The summed E-state index contributed by atoms with van der Waals surface area (Å²) in [5, 5.41) is 0. The van der Waals surface area contributed by atoms with E-state index >= 15 is 0 Å². The maximum atomic E-state index is 6.63. The van der Waals surface area contributed by atoms with Crippen molar-refractivity contribution in [2.75, 3.05) is 0 Å². The molecule has 1 heteroatoms. The van der Waals surface area contributed by atoms with Crippen molar-refractivity contribution in [1.29, 1.82) is 0 Å². The van der Waals surface area contributed by atoms with Gasteiger partial charge in [-0.2, -0.15) is 0 Å². The van der Waals surface area contributed by atoms with Gasteiger partial charge < -0.3 is 5.73 Å². The lowest BCUT2D eigenvalue weighted by molar-refractivity contribution is 0.480. The second kappa shape index (κ2) is 3.84. The number of hydrogen-bond donors (Lipinski definition) is 1. The molecule has 0 aliphatic heterocycles. The summed E-state index contributed by atoms with van der Waals surface area (Å²) in [7, 11) is 0. The van der Waals surface area contributed by atoms with Crippen molar-refractivity contribution in [2.45, 2.75) is 51.5 Å². The third kappa shape index (κ3) is 1.91. The first-order valence-corrected chi connectivity index (χ1v) is 6.96. The Morgan fingerprint density at radius 3 is 2.12 bits per heavy atom. The molecule has 0 amide bonds. The fourth-order valence-corrected chi connectivity index (χ4v) is 4.08. The molecule has 92 valence electrons. The molecular formula is C16H23N. The van der Waals surface area contributed by atoms with Crippen LogP contribution in [0.15, 0.2) is 18.2 Å². The summed E-state index contributed by atoms with van der Waals surface area (Å²) in [4.78, 5) is 0. The highest BCUT2D eigenvalue weighted by Crippen LogP contribution is 2.58. The molecule has 0 heterocycles. The van der Waals surface area contributed by atoms with Crippen LogP contribution in [0.2, 0.25) is 0 Å². The normalized spacial score (nSPS) is 35.5. The zero-order chi connectivity index (χ0) is 12.0. The summed E-state index contributed by atoms with van der Waals surface area (Å²) in [6.07, 6.45) is 6.61. The minimum atomic E-state index is 0.136. The fraction of sp³-hybridized carbons (Fsp3) is 0.625. The van der Waals surface area contributed by atoms with E-state index in [0.717, 1.165) is 18.3 Å². The van der Waals surface area contributed by atoms with Gasteiger partial charge in [-0.25, -0.2) is 0 Å². The lowest BCUT2D eigenvalue weighted by atomic mass is 9.98. The van der Waals surface area contributed by atoms with Gasteiger partial charge in [0.05, 0.1) is 0 Å². The van der Waals surface area contributed by atoms with Crippen LogP contribution in [0.25, 0.3) is 0 Å². The molecule has 1 aromatic carbocycles. The van der Waals surface area contributed by atoms with E-state index in [4.69, 9.17) is 5.73 Å². The Balaban J connectivity index is 1.79. The minimum Gasteiger partial charge on any atom is -0.324 e. The van der Waals surface area contributed by atoms with Crippen molar-refractivity contribution in [3.63, 3.8) is 0 Å². The highest BCUT2D eigenvalue weighted by molar-refractivity contribution is 5.32. The number of benzene rings is 1. The van der Waals surface area contributed by atoms with Crippen molar-refractivity contribution >= 4 is 0 Å². The molecular weight excluding hydrogens is 206 g/mol. The van der Waals surface area contributed by atoms with Gasteiger partial charge in [0.2, 0.25) is 0 Å². The summed E-state index contributed by atoms with van der Waals surface area (Å²) >= 11 is 0. The predicted octanol–water partition coefficient (Wildman–Crippen LogP) is 3.36. The second-order valence-corrected chi connectivity index (χ2v) is 6.28. The smallest absolute Gasteiger partial charge is 0.0259 e. The molecule has 3 rings (SSSR count). The van der Waals surface area contributed by atoms with Crippen LogP contribution in [-0.2, 0) is 6.42 Å². The zero-order valence-electron chi connectivity index (χ0n) is 11.0. The molecule has 2 unspecified atom stereocenters. The van der Waals surface area contributed by atoms with Crippen LogP contribution in [0.4, 0.5) is 0 Å². The van der Waals surface area contributed by atoms with Crippen molar-refractivity contribution in [2.24, 2.45) is 17.6 Å². The minimum absolute atomic E-state index is 0.136. The van der Waals surface area contributed by atoms with Crippen LogP contribution >= 0.6 is 0 Å². The molecule has 1 aromatic rings. The molecule has 0 radical (unpaired) electrons. The number of rotatable bonds is 2. The predicted molar refractivity (Wildman–Crippen MR) is 72.0 cm³/mol. The molecule has 2 aliphatic carbocycles. The van der Waals surface area contributed by atoms with Gasteiger partial charge in [-0.3, -0.25) is 0 Å². The first-order valence-electron chi connectivity index (χ1n) is 6.96. The van der Waals surface area contributed by atoms with Crippen LogP contribution in [-0.4, -0.2) is 5.54 Å². The van der Waals surface area contributed by atoms with Gasteiger partial charge in [0.25, 0.3) is 0 Å². The van der Waals surface area contributed by atoms with Crippen LogP contribution in [0.5, 0.6) is 0 Å². The van der Waals surface area contributed by atoms with Crippen LogP contribution in [0.1, 0.15) is 42.4 Å². The SMILES string of the molecule is Cc1cc(C)cc(CC2(N)C3CCCCC32)c1. The van der Waals surface area contributed by atoms with E-state index in [-0.39, 0.29) is 5.54 Å². The third-order valence-electron chi connectivity index (χ3n) is 4.83. The molecule has 2 atom stereocenters. The van der Waals surface area contributed by atoms with Gasteiger partial charge >= 0.3 is 0 Å².